The average Bonchev–Trinajstić information content (AvgIpc) is 2.69. The summed E-state index contributed by atoms with van der Waals surface area (Å²) in [5, 5.41) is 16.4. The summed E-state index contributed by atoms with van der Waals surface area (Å²) in [5.41, 5.74) is 2.16. The van der Waals surface area contributed by atoms with E-state index in [1.807, 2.05) is 37.3 Å². The van der Waals surface area contributed by atoms with Gasteiger partial charge in [-0.05, 0) is 19.1 Å². The fourth-order valence-corrected chi connectivity index (χ4v) is 1.41. The van der Waals surface area contributed by atoms with E-state index in [0.717, 1.165) is 5.75 Å². The summed E-state index contributed by atoms with van der Waals surface area (Å²) in [6, 6.07) is 9.72. The number of nitriles is 1. The highest BCUT2D eigenvalue weighted by Crippen LogP contribution is 2.14. The fourth-order valence-electron chi connectivity index (χ4n) is 1.41. The van der Waals surface area contributed by atoms with E-state index < -0.39 is 0 Å². The lowest BCUT2D eigenvalue weighted by atomic mass is 10.2. The summed E-state index contributed by atoms with van der Waals surface area (Å²) in [4.78, 5) is 0. The summed E-state index contributed by atoms with van der Waals surface area (Å²) >= 11 is 0. The van der Waals surface area contributed by atoms with Crippen molar-refractivity contribution in [3.05, 3.63) is 41.2 Å². The van der Waals surface area contributed by atoms with Crippen molar-refractivity contribution >= 4 is 0 Å². The summed E-state index contributed by atoms with van der Waals surface area (Å²) in [6.07, 6.45) is 0. The number of aromatic nitrogens is 3. The maximum absolute atomic E-state index is 8.84. The molecule has 0 N–H and O–H groups in total. The van der Waals surface area contributed by atoms with Gasteiger partial charge in [-0.1, -0.05) is 22.9 Å². The summed E-state index contributed by atoms with van der Waals surface area (Å²) in [6.45, 7) is 2.30. The minimum absolute atomic E-state index is 0.287. The van der Waals surface area contributed by atoms with E-state index in [9.17, 15) is 0 Å². The molecule has 5 heteroatoms. The van der Waals surface area contributed by atoms with Crippen molar-refractivity contribution in [2.75, 3.05) is 0 Å². The van der Waals surface area contributed by atoms with Crippen LogP contribution in [0.1, 0.15) is 17.0 Å². The molecule has 2 aromatic rings. The Morgan fingerprint density at radius 2 is 2.06 bits per heavy atom. The van der Waals surface area contributed by atoms with Gasteiger partial charge in [0.25, 0.3) is 0 Å². The van der Waals surface area contributed by atoms with Crippen LogP contribution >= 0.6 is 0 Å². The second kappa shape index (κ2) is 4.66. The molecule has 5 nitrogen and oxygen atoms in total. The van der Waals surface area contributed by atoms with Gasteiger partial charge < -0.3 is 4.74 Å². The van der Waals surface area contributed by atoms with Crippen LogP contribution in [0.15, 0.2) is 24.3 Å². The molecule has 0 spiro atoms. The predicted molar refractivity (Wildman–Crippen MR) is 61.2 cm³/mol. The Kier molecular flexibility index (Phi) is 3.06. The van der Waals surface area contributed by atoms with Gasteiger partial charge in [0.1, 0.15) is 24.1 Å². The van der Waals surface area contributed by atoms with Gasteiger partial charge in [-0.15, -0.1) is 5.10 Å². The Bertz CT molecular complexity index is 551. The molecule has 0 atom stereocenters. The van der Waals surface area contributed by atoms with Crippen molar-refractivity contribution in [3.63, 3.8) is 0 Å². The second-order valence-electron chi connectivity index (χ2n) is 3.72. The van der Waals surface area contributed by atoms with Crippen LogP contribution in [-0.4, -0.2) is 15.0 Å². The maximum atomic E-state index is 8.84. The Labute approximate surface area is 99.2 Å². The first kappa shape index (κ1) is 11.1. The van der Waals surface area contributed by atoms with Gasteiger partial charge in [-0.3, -0.25) is 0 Å². The number of benzene rings is 1. The third-order valence-corrected chi connectivity index (χ3v) is 2.45. The molecule has 0 unspecified atom stereocenters. The van der Waals surface area contributed by atoms with Gasteiger partial charge >= 0.3 is 0 Å². The third-order valence-electron chi connectivity index (χ3n) is 2.45. The van der Waals surface area contributed by atoms with Gasteiger partial charge in [-0.2, -0.15) is 5.26 Å². The van der Waals surface area contributed by atoms with E-state index in [2.05, 4.69) is 10.3 Å². The van der Waals surface area contributed by atoms with Gasteiger partial charge in [0, 0.05) is 7.05 Å². The third kappa shape index (κ3) is 2.42. The van der Waals surface area contributed by atoms with Crippen molar-refractivity contribution in [3.8, 4) is 11.8 Å². The molecule has 1 aromatic carbocycles. The molecular formula is C12H12N4O. The maximum Gasteiger partial charge on any atom is 0.189 e. The standard InChI is InChI=1S/C12H12N4O/c1-9-3-5-10(6-4-9)17-8-12-11(7-13)14-15-16(12)2/h3-6H,8H2,1-2H3. The molecule has 0 aliphatic heterocycles. The van der Waals surface area contributed by atoms with Crippen molar-refractivity contribution in [2.24, 2.45) is 7.05 Å². The van der Waals surface area contributed by atoms with Crippen LogP contribution in [0.2, 0.25) is 0 Å². The number of nitrogens with zero attached hydrogens (tertiary/aromatic N) is 4. The molecular weight excluding hydrogens is 216 g/mol. The van der Waals surface area contributed by atoms with Gasteiger partial charge in [0.05, 0.1) is 0 Å². The highest BCUT2D eigenvalue weighted by Gasteiger charge is 2.10. The van der Waals surface area contributed by atoms with Crippen LogP contribution < -0.4 is 4.74 Å². The molecule has 0 bridgehead atoms. The first-order valence-electron chi connectivity index (χ1n) is 5.19. The van der Waals surface area contributed by atoms with Crippen LogP contribution in [0.3, 0.4) is 0 Å². The average molecular weight is 228 g/mol. The van der Waals surface area contributed by atoms with Crippen molar-refractivity contribution in [2.45, 2.75) is 13.5 Å². The molecule has 0 saturated carbocycles. The van der Waals surface area contributed by atoms with Crippen molar-refractivity contribution in [1.82, 2.24) is 15.0 Å². The van der Waals surface area contributed by atoms with Crippen LogP contribution in [0.5, 0.6) is 5.75 Å². The van der Waals surface area contributed by atoms with E-state index >= 15 is 0 Å². The number of rotatable bonds is 3. The topological polar surface area (TPSA) is 63.7 Å². The van der Waals surface area contributed by atoms with Gasteiger partial charge in [0.2, 0.25) is 0 Å². The molecule has 1 heterocycles. The summed E-state index contributed by atoms with van der Waals surface area (Å²) in [5.74, 6) is 0.765. The van der Waals surface area contributed by atoms with Gasteiger partial charge in [-0.25, -0.2) is 4.68 Å². The van der Waals surface area contributed by atoms with E-state index in [0.29, 0.717) is 11.4 Å². The molecule has 0 saturated heterocycles. The number of hydrogen-bond donors (Lipinski definition) is 0. The molecule has 17 heavy (non-hydrogen) atoms. The molecule has 1 aromatic heterocycles. The van der Waals surface area contributed by atoms with Crippen molar-refractivity contribution < 1.29 is 4.74 Å². The molecule has 2 rings (SSSR count). The fraction of sp³-hybridized carbons (Fsp3) is 0.250. The van der Waals surface area contributed by atoms with Crippen LogP contribution in [0, 0.1) is 18.3 Å². The van der Waals surface area contributed by atoms with E-state index in [1.54, 1.807) is 11.7 Å². The van der Waals surface area contributed by atoms with E-state index in [-0.39, 0.29) is 6.61 Å². The second-order valence-corrected chi connectivity index (χ2v) is 3.72. The molecule has 0 aliphatic carbocycles. The minimum atomic E-state index is 0.287. The zero-order valence-electron chi connectivity index (χ0n) is 9.71. The van der Waals surface area contributed by atoms with Crippen LogP contribution in [0.4, 0.5) is 0 Å². The molecule has 0 radical (unpaired) electrons. The smallest absolute Gasteiger partial charge is 0.189 e. The molecule has 0 amide bonds. The number of ether oxygens (including phenoxy) is 1. The Hall–Kier alpha value is -2.35. The number of aryl methyl sites for hydroxylation is 2. The first-order chi connectivity index (χ1) is 8.20. The Morgan fingerprint density at radius 3 is 2.71 bits per heavy atom. The van der Waals surface area contributed by atoms with E-state index in [1.165, 1.54) is 5.56 Å². The summed E-state index contributed by atoms with van der Waals surface area (Å²) < 4.78 is 7.13. The Morgan fingerprint density at radius 1 is 1.35 bits per heavy atom. The molecule has 0 aliphatic rings. The first-order valence-corrected chi connectivity index (χ1v) is 5.19. The lowest BCUT2D eigenvalue weighted by molar-refractivity contribution is 0.294. The lowest BCUT2D eigenvalue weighted by Crippen LogP contribution is -2.04. The highest BCUT2D eigenvalue weighted by atomic mass is 16.5. The summed E-state index contributed by atoms with van der Waals surface area (Å²) in [7, 11) is 1.74. The quantitative estimate of drug-likeness (QED) is 0.800. The zero-order valence-corrected chi connectivity index (χ0v) is 9.71. The van der Waals surface area contributed by atoms with Crippen LogP contribution in [0.25, 0.3) is 0 Å². The molecule has 0 fully saturated rings. The SMILES string of the molecule is Cc1ccc(OCc2c(C#N)nnn2C)cc1. The lowest BCUT2D eigenvalue weighted by Gasteiger charge is -2.06. The molecule has 86 valence electrons. The highest BCUT2D eigenvalue weighted by molar-refractivity contribution is 5.28. The normalized spacial score (nSPS) is 9.94. The minimum Gasteiger partial charge on any atom is -0.487 e. The monoisotopic (exact) mass is 228 g/mol. The predicted octanol–water partition coefficient (Wildman–Crippen LogP) is 1.57. The Balaban J connectivity index is 2.10. The van der Waals surface area contributed by atoms with Crippen molar-refractivity contribution in [1.29, 1.82) is 5.26 Å². The zero-order chi connectivity index (χ0) is 12.3. The van der Waals surface area contributed by atoms with Crippen LogP contribution in [-0.2, 0) is 13.7 Å². The largest absolute Gasteiger partial charge is 0.487 e. The van der Waals surface area contributed by atoms with Gasteiger partial charge in [0.15, 0.2) is 5.69 Å². The number of hydrogen-bond acceptors (Lipinski definition) is 4. The van der Waals surface area contributed by atoms with E-state index in [4.69, 9.17) is 10.00 Å².